The highest BCUT2D eigenvalue weighted by Crippen LogP contribution is 2.53. The zero-order chi connectivity index (χ0) is 20.5. The van der Waals surface area contributed by atoms with Gasteiger partial charge in [0.1, 0.15) is 11.5 Å². The molecule has 3 aromatic rings. The van der Waals surface area contributed by atoms with E-state index in [0.29, 0.717) is 11.7 Å². The third-order valence-electron chi connectivity index (χ3n) is 6.84. The van der Waals surface area contributed by atoms with Crippen molar-refractivity contribution in [2.75, 3.05) is 20.2 Å². The number of hydrogen-bond acceptors (Lipinski definition) is 3. The zero-order valence-corrected chi connectivity index (χ0v) is 17.3. The number of ether oxygens (including phenoxy) is 1. The molecule has 3 heteroatoms. The lowest BCUT2D eigenvalue weighted by atomic mass is 9.79. The van der Waals surface area contributed by atoms with Crippen LogP contribution >= 0.6 is 0 Å². The fourth-order valence-electron chi connectivity index (χ4n) is 5.50. The molecule has 2 aliphatic rings. The SMILES string of the molecule is COc1ccc(C2C(c3ccccc3)C(=O)C3CN(Cc4ccccc4)CC32)cc1. The van der Waals surface area contributed by atoms with Crippen LogP contribution in [0.15, 0.2) is 84.9 Å². The zero-order valence-electron chi connectivity index (χ0n) is 17.3. The maximum atomic E-state index is 13.6. The first-order chi connectivity index (χ1) is 14.7. The van der Waals surface area contributed by atoms with Gasteiger partial charge in [-0.3, -0.25) is 9.69 Å². The Morgan fingerprint density at radius 2 is 1.50 bits per heavy atom. The van der Waals surface area contributed by atoms with Crippen LogP contribution in [-0.2, 0) is 11.3 Å². The molecule has 1 heterocycles. The van der Waals surface area contributed by atoms with Crippen LogP contribution in [0.25, 0.3) is 0 Å². The van der Waals surface area contributed by atoms with Crippen molar-refractivity contribution in [3.05, 3.63) is 102 Å². The van der Waals surface area contributed by atoms with Gasteiger partial charge in [-0.25, -0.2) is 0 Å². The van der Waals surface area contributed by atoms with Gasteiger partial charge in [0.2, 0.25) is 0 Å². The minimum atomic E-state index is -0.0616. The molecule has 2 fully saturated rings. The van der Waals surface area contributed by atoms with E-state index in [2.05, 4.69) is 59.5 Å². The number of fused-ring (bicyclic) bond motifs is 1. The number of nitrogens with zero attached hydrogens (tertiary/aromatic N) is 1. The Kier molecular flexibility index (Phi) is 5.14. The summed E-state index contributed by atoms with van der Waals surface area (Å²) in [6, 6.07) is 29.2. The van der Waals surface area contributed by atoms with Crippen molar-refractivity contribution >= 4 is 5.78 Å². The Hall–Kier alpha value is -2.91. The van der Waals surface area contributed by atoms with Crippen LogP contribution < -0.4 is 4.74 Å². The fourth-order valence-corrected chi connectivity index (χ4v) is 5.50. The lowest BCUT2D eigenvalue weighted by Gasteiger charge is -2.26. The lowest BCUT2D eigenvalue weighted by Crippen LogP contribution is -2.26. The topological polar surface area (TPSA) is 29.5 Å². The third kappa shape index (κ3) is 3.44. The van der Waals surface area contributed by atoms with E-state index in [9.17, 15) is 4.79 Å². The number of benzene rings is 3. The van der Waals surface area contributed by atoms with Gasteiger partial charge >= 0.3 is 0 Å². The number of likely N-dealkylation sites (tertiary alicyclic amines) is 1. The summed E-state index contributed by atoms with van der Waals surface area (Å²) in [7, 11) is 1.69. The van der Waals surface area contributed by atoms with Gasteiger partial charge in [0, 0.05) is 31.5 Å². The van der Waals surface area contributed by atoms with Gasteiger partial charge in [-0.05, 0) is 34.7 Å². The largest absolute Gasteiger partial charge is 0.497 e. The Morgan fingerprint density at radius 1 is 0.833 bits per heavy atom. The first-order valence-corrected chi connectivity index (χ1v) is 10.7. The van der Waals surface area contributed by atoms with E-state index in [1.54, 1.807) is 7.11 Å². The smallest absolute Gasteiger partial charge is 0.145 e. The molecule has 1 saturated heterocycles. The minimum Gasteiger partial charge on any atom is -0.497 e. The van der Waals surface area contributed by atoms with E-state index in [1.807, 2.05) is 30.3 Å². The summed E-state index contributed by atoms with van der Waals surface area (Å²) in [5.41, 5.74) is 3.70. The molecule has 0 radical (unpaired) electrons. The van der Waals surface area contributed by atoms with Crippen LogP contribution in [0.1, 0.15) is 28.5 Å². The highest BCUT2D eigenvalue weighted by Gasteiger charge is 2.54. The second kappa shape index (κ2) is 8.08. The molecule has 3 nitrogen and oxygen atoms in total. The summed E-state index contributed by atoms with van der Waals surface area (Å²) >= 11 is 0. The quantitative estimate of drug-likeness (QED) is 0.614. The predicted octanol–water partition coefficient (Wildman–Crippen LogP) is 4.89. The number of carbonyl (C=O) groups excluding carboxylic acids is 1. The van der Waals surface area contributed by atoms with E-state index in [-0.39, 0.29) is 17.8 Å². The van der Waals surface area contributed by atoms with Gasteiger partial charge < -0.3 is 4.74 Å². The summed E-state index contributed by atoms with van der Waals surface area (Å²) in [6.07, 6.45) is 0. The molecule has 1 aliphatic heterocycles. The third-order valence-corrected chi connectivity index (χ3v) is 6.84. The average molecular weight is 398 g/mol. The molecule has 4 atom stereocenters. The monoisotopic (exact) mass is 397 g/mol. The number of ketones is 1. The van der Waals surface area contributed by atoms with E-state index < -0.39 is 0 Å². The first-order valence-electron chi connectivity index (χ1n) is 10.7. The molecule has 1 saturated carbocycles. The van der Waals surface area contributed by atoms with Crippen molar-refractivity contribution < 1.29 is 9.53 Å². The molecule has 5 rings (SSSR count). The molecule has 30 heavy (non-hydrogen) atoms. The normalized spacial score (nSPS) is 26.0. The highest BCUT2D eigenvalue weighted by molar-refractivity contribution is 5.92. The highest BCUT2D eigenvalue weighted by atomic mass is 16.5. The van der Waals surface area contributed by atoms with E-state index in [4.69, 9.17) is 4.74 Å². The van der Waals surface area contributed by atoms with Gasteiger partial charge in [-0.2, -0.15) is 0 Å². The average Bonchev–Trinajstić information content (AvgIpc) is 3.32. The number of rotatable bonds is 5. The first kappa shape index (κ1) is 19.1. The Balaban J connectivity index is 1.47. The van der Waals surface area contributed by atoms with E-state index in [0.717, 1.165) is 30.9 Å². The van der Waals surface area contributed by atoms with Crippen molar-refractivity contribution in [1.82, 2.24) is 4.90 Å². The maximum absolute atomic E-state index is 13.6. The fraction of sp³-hybridized carbons (Fsp3) is 0.296. The molecule has 0 bridgehead atoms. The van der Waals surface area contributed by atoms with Crippen molar-refractivity contribution in [1.29, 1.82) is 0 Å². The van der Waals surface area contributed by atoms with E-state index >= 15 is 0 Å². The molecule has 3 aromatic carbocycles. The van der Waals surface area contributed by atoms with Crippen LogP contribution in [0, 0.1) is 11.8 Å². The van der Waals surface area contributed by atoms with Crippen LogP contribution in [-0.4, -0.2) is 30.9 Å². The predicted molar refractivity (Wildman–Crippen MR) is 119 cm³/mol. The Morgan fingerprint density at radius 3 is 2.17 bits per heavy atom. The Labute approximate surface area is 178 Å². The van der Waals surface area contributed by atoms with Gasteiger partial charge in [-0.1, -0.05) is 72.8 Å². The van der Waals surface area contributed by atoms with Crippen molar-refractivity contribution in [2.24, 2.45) is 11.8 Å². The van der Waals surface area contributed by atoms with Gasteiger partial charge in [-0.15, -0.1) is 0 Å². The second-order valence-electron chi connectivity index (χ2n) is 8.54. The van der Waals surface area contributed by atoms with Crippen LogP contribution in [0.5, 0.6) is 5.75 Å². The molecule has 4 unspecified atom stereocenters. The Bertz CT molecular complexity index is 1000. The number of hydrogen-bond donors (Lipinski definition) is 0. The van der Waals surface area contributed by atoms with E-state index in [1.165, 1.54) is 11.1 Å². The lowest BCUT2D eigenvalue weighted by molar-refractivity contribution is -0.122. The summed E-state index contributed by atoms with van der Waals surface area (Å²) in [5, 5.41) is 0. The summed E-state index contributed by atoms with van der Waals surface area (Å²) in [6.45, 7) is 2.73. The van der Waals surface area contributed by atoms with Gasteiger partial charge in [0.05, 0.1) is 13.0 Å². The van der Waals surface area contributed by atoms with Gasteiger partial charge in [0.15, 0.2) is 0 Å². The van der Waals surface area contributed by atoms with Gasteiger partial charge in [0.25, 0.3) is 0 Å². The van der Waals surface area contributed by atoms with Crippen LogP contribution in [0.4, 0.5) is 0 Å². The van der Waals surface area contributed by atoms with Crippen LogP contribution in [0.3, 0.4) is 0 Å². The molecule has 0 spiro atoms. The van der Waals surface area contributed by atoms with Crippen molar-refractivity contribution in [3.8, 4) is 5.75 Å². The maximum Gasteiger partial charge on any atom is 0.145 e. The summed E-state index contributed by atoms with van der Waals surface area (Å²) < 4.78 is 5.36. The summed E-state index contributed by atoms with van der Waals surface area (Å²) in [5.74, 6) is 1.85. The molecular weight excluding hydrogens is 370 g/mol. The standard InChI is InChI=1S/C27H27NO2/c1-30-22-14-12-21(13-15-22)25-23-17-28(16-19-8-4-2-5-9-19)18-24(23)27(29)26(25)20-10-6-3-7-11-20/h2-15,23-26H,16-18H2,1H3. The second-order valence-corrected chi connectivity index (χ2v) is 8.54. The summed E-state index contributed by atoms with van der Waals surface area (Å²) in [4.78, 5) is 16.1. The number of methoxy groups -OCH3 is 1. The minimum absolute atomic E-state index is 0.0616. The van der Waals surface area contributed by atoms with Crippen molar-refractivity contribution in [3.63, 3.8) is 0 Å². The molecular formula is C27H27NO2. The molecule has 152 valence electrons. The molecule has 1 aliphatic carbocycles. The molecule has 0 amide bonds. The molecule has 0 aromatic heterocycles. The number of carbonyl (C=O) groups is 1. The van der Waals surface area contributed by atoms with Crippen LogP contribution in [0.2, 0.25) is 0 Å². The molecule has 0 N–H and O–H groups in total. The number of Topliss-reactive ketones (excluding diaryl/α,β-unsaturated/α-hetero) is 1. The van der Waals surface area contributed by atoms with Crippen molar-refractivity contribution in [2.45, 2.75) is 18.4 Å².